The van der Waals surface area contributed by atoms with Crippen LogP contribution in [0.1, 0.15) is 5.56 Å². The van der Waals surface area contributed by atoms with Gasteiger partial charge in [0.15, 0.2) is 21.4 Å². The average Bonchev–Trinajstić information content (AvgIpc) is 3.06. The zero-order valence-electron chi connectivity index (χ0n) is 14.9. The van der Waals surface area contributed by atoms with Crippen LogP contribution in [0.5, 0.6) is 11.8 Å². The molecule has 4 rings (SSSR count). The summed E-state index contributed by atoms with van der Waals surface area (Å²) < 4.78 is 48.2. The Balaban J connectivity index is 1.69. The number of para-hydroxylation sites is 1. The van der Waals surface area contributed by atoms with Gasteiger partial charge >= 0.3 is 6.01 Å². The first-order chi connectivity index (χ1) is 13.3. The molecule has 2 aromatic carbocycles. The van der Waals surface area contributed by atoms with E-state index in [9.17, 15) is 12.8 Å². The predicted molar refractivity (Wildman–Crippen MR) is 99.4 cm³/mol. The van der Waals surface area contributed by atoms with Crippen LogP contribution in [0.4, 0.5) is 4.39 Å². The smallest absolute Gasteiger partial charge is 0.325 e. The molecule has 0 atom stereocenters. The highest BCUT2D eigenvalue weighted by Gasteiger charge is 2.16. The Morgan fingerprint density at radius 3 is 2.61 bits per heavy atom. The molecule has 0 saturated carbocycles. The van der Waals surface area contributed by atoms with Gasteiger partial charge in [-0.05, 0) is 42.8 Å². The Morgan fingerprint density at radius 2 is 1.89 bits per heavy atom. The summed E-state index contributed by atoms with van der Waals surface area (Å²) in [6.45, 7) is 1.70. The first-order valence-corrected chi connectivity index (χ1v) is 10.1. The number of halogens is 1. The molecule has 0 spiro atoms. The zero-order chi connectivity index (χ0) is 19.9. The fourth-order valence-electron chi connectivity index (χ4n) is 2.72. The Hall–Kier alpha value is -3.33. The topological polar surface area (TPSA) is 95.2 Å². The molecule has 0 amide bonds. The lowest BCUT2D eigenvalue weighted by atomic mass is 10.1. The molecular weight excluding hydrogens is 385 g/mol. The zero-order valence-corrected chi connectivity index (χ0v) is 15.7. The van der Waals surface area contributed by atoms with Crippen molar-refractivity contribution in [2.24, 2.45) is 0 Å². The Morgan fingerprint density at radius 1 is 1.11 bits per heavy atom. The molecule has 4 aromatic rings. The standard InChI is InChI=1S/C19H14FN3O4S/c1-11-9-12(7-8-16(11)28(2,24)25)17-22-14-10-21-19(23-18(14)27-17)26-15-6-4-3-5-13(15)20/h3-10H,1-2H3. The molecule has 0 radical (unpaired) electrons. The SMILES string of the molecule is Cc1cc(-c2nc3cnc(Oc4ccccc4F)nc3o2)ccc1S(C)(=O)=O. The lowest BCUT2D eigenvalue weighted by molar-refractivity contribution is 0.410. The van der Waals surface area contributed by atoms with Crippen LogP contribution in [-0.4, -0.2) is 29.6 Å². The maximum Gasteiger partial charge on any atom is 0.325 e. The van der Waals surface area contributed by atoms with Crippen molar-refractivity contribution in [1.82, 2.24) is 15.0 Å². The number of oxazole rings is 1. The van der Waals surface area contributed by atoms with Crippen LogP contribution in [0.2, 0.25) is 0 Å². The molecule has 0 bridgehead atoms. The van der Waals surface area contributed by atoms with Gasteiger partial charge in [0, 0.05) is 11.8 Å². The van der Waals surface area contributed by atoms with E-state index < -0.39 is 15.7 Å². The number of nitrogens with zero attached hydrogens (tertiary/aromatic N) is 3. The summed E-state index contributed by atoms with van der Waals surface area (Å²) in [5, 5.41) is 0. The number of fused-ring (bicyclic) bond motifs is 1. The number of hydrogen-bond acceptors (Lipinski definition) is 7. The number of benzene rings is 2. The number of ether oxygens (including phenoxy) is 1. The summed E-state index contributed by atoms with van der Waals surface area (Å²) in [6, 6.07) is 10.6. The van der Waals surface area contributed by atoms with Gasteiger partial charge in [0.2, 0.25) is 5.89 Å². The highest BCUT2D eigenvalue weighted by atomic mass is 32.2. The van der Waals surface area contributed by atoms with Gasteiger partial charge in [-0.2, -0.15) is 4.98 Å². The van der Waals surface area contributed by atoms with E-state index >= 15 is 0 Å². The summed E-state index contributed by atoms with van der Waals surface area (Å²) in [5.41, 5.74) is 1.73. The fourth-order valence-corrected chi connectivity index (χ4v) is 3.68. The van der Waals surface area contributed by atoms with Crippen LogP contribution in [0.15, 0.2) is 58.0 Å². The van der Waals surface area contributed by atoms with Crippen LogP contribution < -0.4 is 4.74 Å². The van der Waals surface area contributed by atoms with Gasteiger partial charge in [-0.25, -0.2) is 22.8 Å². The van der Waals surface area contributed by atoms with Gasteiger partial charge in [0.05, 0.1) is 11.1 Å². The Bertz CT molecular complexity index is 1300. The molecule has 28 heavy (non-hydrogen) atoms. The maximum absolute atomic E-state index is 13.7. The van der Waals surface area contributed by atoms with Crippen molar-refractivity contribution in [3.05, 3.63) is 60.0 Å². The van der Waals surface area contributed by atoms with E-state index in [4.69, 9.17) is 9.15 Å². The monoisotopic (exact) mass is 399 g/mol. The number of aromatic nitrogens is 3. The summed E-state index contributed by atoms with van der Waals surface area (Å²) in [6.07, 6.45) is 2.56. The van der Waals surface area contributed by atoms with Gasteiger partial charge in [0.1, 0.15) is 5.52 Å². The first-order valence-electron chi connectivity index (χ1n) is 8.18. The first kappa shape index (κ1) is 18.1. The van der Waals surface area contributed by atoms with Crippen molar-refractivity contribution in [1.29, 1.82) is 0 Å². The van der Waals surface area contributed by atoms with E-state index in [2.05, 4.69) is 15.0 Å². The second-order valence-electron chi connectivity index (χ2n) is 6.15. The number of sulfone groups is 1. The van der Waals surface area contributed by atoms with Gasteiger partial charge in [-0.1, -0.05) is 12.1 Å². The van der Waals surface area contributed by atoms with E-state index in [-0.39, 0.29) is 28.3 Å². The molecule has 0 aliphatic heterocycles. The highest BCUT2D eigenvalue weighted by Crippen LogP contribution is 2.28. The van der Waals surface area contributed by atoms with E-state index in [1.807, 2.05) is 0 Å². The Kier molecular flexibility index (Phi) is 4.31. The quantitative estimate of drug-likeness (QED) is 0.513. The van der Waals surface area contributed by atoms with Gasteiger partial charge in [0.25, 0.3) is 5.71 Å². The molecule has 2 aromatic heterocycles. The molecule has 0 aliphatic carbocycles. The second kappa shape index (κ2) is 6.68. The molecule has 0 unspecified atom stereocenters. The summed E-state index contributed by atoms with van der Waals surface area (Å²) >= 11 is 0. The number of rotatable bonds is 4. The van der Waals surface area contributed by atoms with E-state index in [1.54, 1.807) is 31.2 Å². The van der Waals surface area contributed by atoms with Gasteiger partial charge in [-0.3, -0.25) is 0 Å². The molecular formula is C19H14FN3O4S. The predicted octanol–water partition coefficient (Wildman–Crippen LogP) is 3.93. The summed E-state index contributed by atoms with van der Waals surface area (Å²) in [5.74, 6) is -0.282. The summed E-state index contributed by atoms with van der Waals surface area (Å²) in [7, 11) is -3.32. The van der Waals surface area contributed by atoms with Crippen molar-refractivity contribution in [3.8, 4) is 23.2 Å². The molecule has 9 heteroatoms. The third-order valence-electron chi connectivity index (χ3n) is 3.99. The fraction of sp³-hybridized carbons (Fsp3) is 0.105. The molecule has 2 heterocycles. The third kappa shape index (κ3) is 3.44. The molecule has 142 valence electrons. The van der Waals surface area contributed by atoms with Crippen LogP contribution in [0.25, 0.3) is 22.7 Å². The number of hydrogen-bond donors (Lipinski definition) is 0. The third-order valence-corrected chi connectivity index (χ3v) is 5.25. The minimum Gasteiger partial charge on any atom is -0.421 e. The maximum atomic E-state index is 13.7. The molecule has 0 N–H and O–H groups in total. The highest BCUT2D eigenvalue weighted by molar-refractivity contribution is 7.90. The van der Waals surface area contributed by atoms with E-state index in [0.717, 1.165) is 6.26 Å². The van der Waals surface area contributed by atoms with Crippen molar-refractivity contribution in [3.63, 3.8) is 0 Å². The molecule has 0 aliphatic rings. The number of aryl methyl sites for hydroxylation is 1. The van der Waals surface area contributed by atoms with E-state index in [0.29, 0.717) is 16.6 Å². The average molecular weight is 399 g/mol. The minimum atomic E-state index is -3.32. The van der Waals surface area contributed by atoms with Crippen LogP contribution in [0.3, 0.4) is 0 Å². The van der Waals surface area contributed by atoms with E-state index in [1.165, 1.54) is 24.4 Å². The van der Waals surface area contributed by atoms with Crippen LogP contribution in [0, 0.1) is 12.7 Å². The summed E-state index contributed by atoms with van der Waals surface area (Å²) in [4.78, 5) is 12.7. The van der Waals surface area contributed by atoms with Crippen molar-refractivity contribution in [2.45, 2.75) is 11.8 Å². The minimum absolute atomic E-state index is 0.00595. The lowest BCUT2D eigenvalue weighted by Crippen LogP contribution is -1.99. The van der Waals surface area contributed by atoms with Crippen LogP contribution in [-0.2, 0) is 9.84 Å². The Labute approximate surface area is 159 Å². The van der Waals surface area contributed by atoms with Crippen molar-refractivity contribution in [2.75, 3.05) is 6.26 Å². The molecule has 7 nitrogen and oxygen atoms in total. The largest absolute Gasteiger partial charge is 0.421 e. The molecule has 0 saturated heterocycles. The van der Waals surface area contributed by atoms with Crippen molar-refractivity contribution < 1.29 is 22.0 Å². The van der Waals surface area contributed by atoms with Gasteiger partial charge in [-0.15, -0.1) is 0 Å². The second-order valence-corrected chi connectivity index (χ2v) is 8.13. The molecule has 0 fully saturated rings. The normalized spacial score (nSPS) is 11.7. The lowest BCUT2D eigenvalue weighted by Gasteiger charge is -2.04. The van der Waals surface area contributed by atoms with Crippen LogP contribution >= 0.6 is 0 Å². The van der Waals surface area contributed by atoms with Gasteiger partial charge < -0.3 is 9.15 Å². The van der Waals surface area contributed by atoms with Crippen molar-refractivity contribution >= 4 is 21.1 Å².